The molecule has 0 saturated carbocycles. The van der Waals surface area contributed by atoms with Crippen LogP contribution in [0.25, 0.3) is 5.69 Å². The molecule has 1 unspecified atom stereocenters. The van der Waals surface area contributed by atoms with Crippen molar-refractivity contribution in [3.63, 3.8) is 0 Å². The van der Waals surface area contributed by atoms with E-state index in [2.05, 4.69) is 20.2 Å². The van der Waals surface area contributed by atoms with Crippen molar-refractivity contribution in [3.8, 4) is 5.69 Å². The summed E-state index contributed by atoms with van der Waals surface area (Å²) in [6.45, 7) is 3.48. The molecule has 1 aromatic heterocycles. The van der Waals surface area contributed by atoms with E-state index < -0.39 is 15.9 Å². The Morgan fingerprint density at radius 3 is 2.81 bits per heavy atom. The molecule has 1 amide bonds. The van der Waals surface area contributed by atoms with E-state index >= 15 is 0 Å². The summed E-state index contributed by atoms with van der Waals surface area (Å²) in [5.41, 5.74) is 0.485. The average molecular weight is 309 g/mol. The predicted octanol–water partition coefficient (Wildman–Crippen LogP) is 0.513. The number of nitrogens with zero attached hydrogens (tertiary/aromatic N) is 4. The van der Waals surface area contributed by atoms with Crippen LogP contribution in [-0.4, -0.2) is 34.5 Å². The Hall–Kier alpha value is -2.29. The van der Waals surface area contributed by atoms with Gasteiger partial charge in [0.25, 0.3) is 10.0 Å². The molecule has 0 bridgehead atoms. The van der Waals surface area contributed by atoms with Gasteiger partial charge in [-0.3, -0.25) is 4.79 Å². The molecule has 0 aliphatic heterocycles. The highest BCUT2D eigenvalue weighted by atomic mass is 32.2. The zero-order chi connectivity index (χ0) is 15.5. The molecular formula is C12H15N5O3S. The van der Waals surface area contributed by atoms with E-state index in [1.54, 1.807) is 19.1 Å². The van der Waals surface area contributed by atoms with Crippen molar-refractivity contribution in [1.29, 1.82) is 0 Å². The van der Waals surface area contributed by atoms with Gasteiger partial charge in [0.1, 0.15) is 6.33 Å². The number of tetrazole rings is 1. The van der Waals surface area contributed by atoms with Crippen molar-refractivity contribution in [2.24, 2.45) is 5.92 Å². The number of nitrogens with one attached hydrogen (secondary N) is 1. The molecule has 9 heteroatoms. The van der Waals surface area contributed by atoms with Crippen LogP contribution in [0.5, 0.6) is 0 Å². The molecule has 0 saturated heterocycles. The molecule has 0 aliphatic carbocycles. The minimum Gasteiger partial charge on any atom is -0.274 e. The number of carbonyl (C=O) groups is 1. The molecule has 0 radical (unpaired) electrons. The summed E-state index contributed by atoms with van der Waals surface area (Å²) >= 11 is 0. The van der Waals surface area contributed by atoms with Crippen molar-refractivity contribution in [2.75, 3.05) is 0 Å². The molecule has 8 nitrogen and oxygen atoms in total. The molecule has 0 aliphatic rings. The lowest BCUT2D eigenvalue weighted by Gasteiger charge is -2.11. The van der Waals surface area contributed by atoms with Crippen LogP contribution in [0.2, 0.25) is 0 Å². The second kappa shape index (κ2) is 6.00. The summed E-state index contributed by atoms with van der Waals surface area (Å²) in [6.07, 6.45) is 1.91. The van der Waals surface area contributed by atoms with Crippen LogP contribution in [-0.2, 0) is 14.8 Å². The van der Waals surface area contributed by atoms with Gasteiger partial charge in [0, 0.05) is 5.92 Å². The fraction of sp³-hybridized carbons (Fsp3) is 0.333. The third-order valence-electron chi connectivity index (χ3n) is 3.04. The fourth-order valence-electron chi connectivity index (χ4n) is 1.55. The fourth-order valence-corrected chi connectivity index (χ4v) is 2.67. The topological polar surface area (TPSA) is 107 Å². The van der Waals surface area contributed by atoms with Gasteiger partial charge in [-0.25, -0.2) is 17.8 Å². The minimum absolute atomic E-state index is 0.0212. The highest BCUT2D eigenvalue weighted by Gasteiger charge is 2.21. The lowest BCUT2D eigenvalue weighted by atomic mass is 10.1. The summed E-state index contributed by atoms with van der Waals surface area (Å²) in [5.74, 6) is -0.896. The Morgan fingerprint density at radius 1 is 1.43 bits per heavy atom. The number of hydrogen-bond donors (Lipinski definition) is 1. The summed E-state index contributed by atoms with van der Waals surface area (Å²) in [7, 11) is -3.91. The molecule has 0 spiro atoms. The smallest absolute Gasteiger partial charge is 0.264 e. The third kappa shape index (κ3) is 3.43. The first-order valence-corrected chi connectivity index (χ1v) is 7.82. The number of aromatic nitrogens is 4. The van der Waals surface area contributed by atoms with Gasteiger partial charge in [0.15, 0.2) is 0 Å². The van der Waals surface area contributed by atoms with E-state index in [0.717, 1.165) is 0 Å². The third-order valence-corrected chi connectivity index (χ3v) is 4.38. The van der Waals surface area contributed by atoms with Crippen LogP contribution in [0.1, 0.15) is 20.3 Å². The number of rotatable bonds is 5. The van der Waals surface area contributed by atoms with E-state index in [-0.39, 0.29) is 10.8 Å². The van der Waals surface area contributed by atoms with Crippen LogP contribution in [0.15, 0.2) is 35.5 Å². The van der Waals surface area contributed by atoms with Crippen molar-refractivity contribution in [2.45, 2.75) is 25.2 Å². The monoisotopic (exact) mass is 309 g/mol. The van der Waals surface area contributed by atoms with Crippen molar-refractivity contribution >= 4 is 15.9 Å². The predicted molar refractivity (Wildman–Crippen MR) is 73.9 cm³/mol. The Balaban J connectivity index is 2.29. The number of benzene rings is 1. The molecule has 1 atom stereocenters. The van der Waals surface area contributed by atoms with E-state index in [1.807, 2.05) is 6.92 Å². The Labute approximate surface area is 122 Å². The molecule has 21 heavy (non-hydrogen) atoms. The number of carbonyl (C=O) groups excluding carboxylic acids is 1. The zero-order valence-corrected chi connectivity index (χ0v) is 12.4. The first-order valence-electron chi connectivity index (χ1n) is 6.34. The minimum atomic E-state index is -3.91. The lowest BCUT2D eigenvalue weighted by Crippen LogP contribution is -2.34. The first kappa shape index (κ1) is 15.1. The van der Waals surface area contributed by atoms with Gasteiger partial charge < -0.3 is 0 Å². The molecule has 2 aromatic rings. The second-order valence-corrected chi connectivity index (χ2v) is 6.21. The van der Waals surface area contributed by atoms with E-state index in [4.69, 9.17) is 0 Å². The van der Waals surface area contributed by atoms with Crippen LogP contribution >= 0.6 is 0 Å². The maximum atomic E-state index is 12.2. The Bertz CT molecular complexity index is 727. The SMILES string of the molecule is CCC(C)C(=O)NS(=O)(=O)c1cccc(-n2cnnn2)c1. The van der Waals surface area contributed by atoms with Gasteiger partial charge in [-0.05, 0) is 35.0 Å². The van der Waals surface area contributed by atoms with Crippen molar-refractivity contribution in [1.82, 2.24) is 24.9 Å². The number of sulfonamides is 1. The van der Waals surface area contributed by atoms with Crippen molar-refractivity contribution < 1.29 is 13.2 Å². The summed E-state index contributed by atoms with van der Waals surface area (Å²) in [5, 5.41) is 10.7. The van der Waals surface area contributed by atoms with Crippen LogP contribution in [0.4, 0.5) is 0 Å². The van der Waals surface area contributed by atoms with Gasteiger partial charge in [-0.2, -0.15) is 0 Å². The Morgan fingerprint density at radius 2 is 2.19 bits per heavy atom. The quantitative estimate of drug-likeness (QED) is 0.862. The Kier molecular flexibility index (Phi) is 4.32. The highest BCUT2D eigenvalue weighted by Crippen LogP contribution is 2.14. The zero-order valence-electron chi connectivity index (χ0n) is 11.6. The first-order chi connectivity index (χ1) is 9.94. The van der Waals surface area contributed by atoms with Gasteiger partial charge in [-0.1, -0.05) is 19.9 Å². The molecule has 2 rings (SSSR count). The average Bonchev–Trinajstić information content (AvgIpc) is 3.00. The van der Waals surface area contributed by atoms with Gasteiger partial charge in [0.2, 0.25) is 5.91 Å². The van der Waals surface area contributed by atoms with Gasteiger partial charge >= 0.3 is 0 Å². The summed E-state index contributed by atoms with van der Waals surface area (Å²) in [6, 6.07) is 6.01. The van der Waals surface area contributed by atoms with E-state index in [1.165, 1.54) is 23.1 Å². The summed E-state index contributed by atoms with van der Waals surface area (Å²) < 4.78 is 27.8. The molecule has 1 N–H and O–H groups in total. The molecular weight excluding hydrogens is 294 g/mol. The van der Waals surface area contributed by atoms with E-state index in [9.17, 15) is 13.2 Å². The maximum Gasteiger partial charge on any atom is 0.264 e. The normalized spacial score (nSPS) is 12.9. The molecule has 1 aromatic carbocycles. The summed E-state index contributed by atoms with van der Waals surface area (Å²) in [4.78, 5) is 11.7. The second-order valence-electron chi connectivity index (χ2n) is 4.53. The van der Waals surface area contributed by atoms with Crippen LogP contribution in [0, 0.1) is 5.92 Å². The van der Waals surface area contributed by atoms with E-state index in [0.29, 0.717) is 12.1 Å². The van der Waals surface area contributed by atoms with Gasteiger partial charge in [0.05, 0.1) is 10.6 Å². The maximum absolute atomic E-state index is 12.2. The highest BCUT2D eigenvalue weighted by molar-refractivity contribution is 7.90. The molecule has 1 heterocycles. The lowest BCUT2D eigenvalue weighted by molar-refractivity contribution is -0.122. The van der Waals surface area contributed by atoms with Crippen molar-refractivity contribution in [3.05, 3.63) is 30.6 Å². The standard InChI is InChI=1S/C12H15N5O3S/c1-3-9(2)12(18)14-21(19,20)11-6-4-5-10(7-11)17-8-13-15-16-17/h4-9H,3H2,1-2H3,(H,14,18). The molecule has 112 valence electrons. The largest absolute Gasteiger partial charge is 0.274 e. The number of hydrogen-bond acceptors (Lipinski definition) is 6. The number of amides is 1. The van der Waals surface area contributed by atoms with Crippen LogP contribution < -0.4 is 4.72 Å². The van der Waals surface area contributed by atoms with Crippen LogP contribution in [0.3, 0.4) is 0 Å². The van der Waals surface area contributed by atoms with Gasteiger partial charge in [-0.15, -0.1) is 5.10 Å². The molecule has 0 fully saturated rings.